The molecule has 4 heteroatoms. The van der Waals surface area contributed by atoms with Crippen molar-refractivity contribution in [3.05, 3.63) is 0 Å². The zero-order chi connectivity index (χ0) is 13.2. The predicted molar refractivity (Wildman–Crippen MR) is 80.1 cm³/mol. The fourth-order valence-electron chi connectivity index (χ4n) is 4.06. The first-order valence-corrected chi connectivity index (χ1v) is 8.98. The van der Waals surface area contributed by atoms with Gasteiger partial charge in [0.2, 0.25) is 5.91 Å². The first kappa shape index (κ1) is 13.7. The molecule has 1 saturated heterocycles. The lowest BCUT2D eigenvalue weighted by molar-refractivity contribution is -0.139. The van der Waals surface area contributed by atoms with Crippen LogP contribution in [-0.4, -0.2) is 40.4 Å². The van der Waals surface area contributed by atoms with Gasteiger partial charge in [-0.3, -0.25) is 4.79 Å². The van der Waals surface area contributed by atoms with Gasteiger partial charge in [-0.25, -0.2) is 0 Å². The average Bonchev–Trinajstić information content (AvgIpc) is 2.46. The summed E-state index contributed by atoms with van der Waals surface area (Å²) < 4.78 is 0. The summed E-state index contributed by atoms with van der Waals surface area (Å²) in [6, 6.07) is 0.780. The van der Waals surface area contributed by atoms with Crippen LogP contribution in [0.1, 0.15) is 51.4 Å². The van der Waals surface area contributed by atoms with E-state index in [1.165, 1.54) is 25.7 Å². The van der Waals surface area contributed by atoms with Crippen LogP contribution < -0.4 is 5.73 Å². The van der Waals surface area contributed by atoms with Crippen molar-refractivity contribution >= 4 is 17.7 Å². The minimum Gasteiger partial charge on any atom is -0.338 e. The van der Waals surface area contributed by atoms with Crippen molar-refractivity contribution in [1.29, 1.82) is 0 Å². The number of carbonyl (C=O) groups is 1. The van der Waals surface area contributed by atoms with E-state index < -0.39 is 0 Å². The zero-order valence-electron chi connectivity index (χ0n) is 11.7. The van der Waals surface area contributed by atoms with E-state index in [9.17, 15) is 4.79 Å². The van der Waals surface area contributed by atoms with Crippen LogP contribution >= 0.6 is 11.8 Å². The fourth-order valence-corrected chi connectivity index (χ4v) is 5.50. The second-order valence-corrected chi connectivity index (χ2v) is 7.76. The lowest BCUT2D eigenvalue weighted by Gasteiger charge is -2.45. The summed E-state index contributed by atoms with van der Waals surface area (Å²) in [4.78, 5) is 15.1. The Morgan fingerprint density at radius 3 is 2.79 bits per heavy atom. The zero-order valence-corrected chi connectivity index (χ0v) is 12.5. The highest BCUT2D eigenvalue weighted by molar-refractivity contribution is 8.00. The molecule has 3 aliphatic rings. The van der Waals surface area contributed by atoms with Crippen molar-refractivity contribution in [2.45, 2.75) is 68.7 Å². The molecule has 3 rings (SSSR count). The largest absolute Gasteiger partial charge is 0.338 e. The number of rotatable bonds is 1. The quantitative estimate of drug-likeness (QED) is 0.803. The molecule has 1 aliphatic heterocycles. The van der Waals surface area contributed by atoms with Crippen LogP contribution in [0.4, 0.5) is 0 Å². The monoisotopic (exact) mass is 282 g/mol. The Hall–Kier alpha value is -0.220. The predicted octanol–water partition coefficient (Wildman–Crippen LogP) is 2.39. The molecule has 4 atom stereocenters. The van der Waals surface area contributed by atoms with Crippen LogP contribution in [0, 0.1) is 5.92 Å². The Morgan fingerprint density at radius 1 is 1.11 bits per heavy atom. The summed E-state index contributed by atoms with van der Waals surface area (Å²) >= 11 is 2.10. The number of thioether (sulfide) groups is 1. The minimum absolute atomic E-state index is 0.217. The van der Waals surface area contributed by atoms with Gasteiger partial charge in [-0.05, 0) is 32.1 Å². The van der Waals surface area contributed by atoms with Crippen LogP contribution in [0.15, 0.2) is 0 Å². The Balaban J connectivity index is 1.67. The normalized spacial score (nSPS) is 39.7. The molecule has 108 valence electrons. The third-order valence-corrected chi connectivity index (χ3v) is 6.48. The van der Waals surface area contributed by atoms with Gasteiger partial charge >= 0.3 is 0 Å². The van der Waals surface area contributed by atoms with E-state index in [4.69, 9.17) is 5.73 Å². The molecule has 0 spiro atoms. The number of nitrogens with zero attached hydrogens (tertiary/aromatic N) is 1. The Bertz CT molecular complexity index is 334. The van der Waals surface area contributed by atoms with Gasteiger partial charge in [0.1, 0.15) is 0 Å². The average molecular weight is 282 g/mol. The standard InChI is InChI=1S/C15H26N2OS/c16-12-5-3-4-11(10-12)15(18)17-8-9-19-14-7-2-1-6-13(14)17/h11-14H,1-10,16H2. The van der Waals surface area contributed by atoms with E-state index in [0.29, 0.717) is 17.2 Å². The number of hydrogen-bond acceptors (Lipinski definition) is 3. The maximum Gasteiger partial charge on any atom is 0.226 e. The molecule has 2 saturated carbocycles. The van der Waals surface area contributed by atoms with Gasteiger partial charge in [-0.1, -0.05) is 19.3 Å². The number of hydrogen-bond donors (Lipinski definition) is 1. The van der Waals surface area contributed by atoms with Crippen molar-refractivity contribution in [3.63, 3.8) is 0 Å². The molecular formula is C15H26N2OS. The van der Waals surface area contributed by atoms with Gasteiger partial charge in [0.05, 0.1) is 0 Å². The van der Waals surface area contributed by atoms with Gasteiger partial charge < -0.3 is 10.6 Å². The molecule has 1 heterocycles. The third kappa shape index (κ3) is 2.94. The van der Waals surface area contributed by atoms with Crippen LogP contribution in [0.3, 0.4) is 0 Å². The second kappa shape index (κ2) is 6.04. The second-order valence-electron chi connectivity index (χ2n) is 6.42. The molecule has 0 radical (unpaired) electrons. The molecule has 0 aromatic heterocycles. The molecule has 2 aliphatic carbocycles. The van der Waals surface area contributed by atoms with Crippen molar-refractivity contribution in [2.75, 3.05) is 12.3 Å². The van der Waals surface area contributed by atoms with Gasteiger partial charge in [0.15, 0.2) is 0 Å². The molecule has 3 fully saturated rings. The van der Waals surface area contributed by atoms with Crippen molar-refractivity contribution in [2.24, 2.45) is 11.7 Å². The van der Waals surface area contributed by atoms with E-state index >= 15 is 0 Å². The number of amides is 1. The summed E-state index contributed by atoms with van der Waals surface area (Å²) in [5.41, 5.74) is 6.05. The SMILES string of the molecule is NC1CCCC(C(=O)N2CCSC3CCCCC32)C1. The molecule has 1 amide bonds. The van der Waals surface area contributed by atoms with E-state index in [1.807, 2.05) is 0 Å². The summed E-state index contributed by atoms with van der Waals surface area (Å²) in [7, 11) is 0. The smallest absolute Gasteiger partial charge is 0.226 e. The summed E-state index contributed by atoms with van der Waals surface area (Å²) in [5, 5.41) is 0.712. The maximum atomic E-state index is 12.8. The van der Waals surface area contributed by atoms with Crippen molar-refractivity contribution in [3.8, 4) is 0 Å². The topological polar surface area (TPSA) is 46.3 Å². The van der Waals surface area contributed by atoms with Crippen LogP contribution in [0.25, 0.3) is 0 Å². The van der Waals surface area contributed by atoms with Gasteiger partial charge in [0.25, 0.3) is 0 Å². The minimum atomic E-state index is 0.217. The molecule has 0 aromatic carbocycles. The Morgan fingerprint density at radius 2 is 1.95 bits per heavy atom. The van der Waals surface area contributed by atoms with Crippen LogP contribution in [0.5, 0.6) is 0 Å². The molecule has 19 heavy (non-hydrogen) atoms. The fraction of sp³-hybridized carbons (Fsp3) is 0.933. The number of nitrogens with two attached hydrogens (primary N) is 1. The van der Waals surface area contributed by atoms with E-state index in [-0.39, 0.29) is 12.0 Å². The molecule has 0 bridgehead atoms. The molecule has 3 nitrogen and oxygen atoms in total. The number of fused-ring (bicyclic) bond motifs is 1. The summed E-state index contributed by atoms with van der Waals surface area (Å²) in [6.45, 7) is 0.969. The molecular weight excluding hydrogens is 256 g/mol. The summed E-state index contributed by atoms with van der Waals surface area (Å²) in [5.74, 6) is 1.77. The van der Waals surface area contributed by atoms with E-state index in [2.05, 4.69) is 16.7 Å². The molecule has 2 N–H and O–H groups in total. The maximum absolute atomic E-state index is 12.8. The molecule has 4 unspecified atom stereocenters. The van der Waals surface area contributed by atoms with Crippen LogP contribution in [0.2, 0.25) is 0 Å². The number of carbonyl (C=O) groups excluding carboxylic acids is 1. The first-order valence-electron chi connectivity index (χ1n) is 7.93. The Kier molecular flexibility index (Phi) is 4.37. The third-order valence-electron chi connectivity index (χ3n) is 5.08. The highest BCUT2D eigenvalue weighted by Gasteiger charge is 2.39. The van der Waals surface area contributed by atoms with Crippen molar-refractivity contribution in [1.82, 2.24) is 4.90 Å². The van der Waals surface area contributed by atoms with Gasteiger partial charge in [-0.15, -0.1) is 0 Å². The lowest BCUT2D eigenvalue weighted by Crippen LogP contribution is -2.54. The lowest BCUT2D eigenvalue weighted by atomic mass is 9.84. The van der Waals surface area contributed by atoms with E-state index in [0.717, 1.165) is 38.0 Å². The van der Waals surface area contributed by atoms with Gasteiger partial charge in [-0.2, -0.15) is 11.8 Å². The molecule has 0 aromatic rings. The Labute approximate surface area is 120 Å². The van der Waals surface area contributed by atoms with Gasteiger partial charge in [0, 0.05) is 35.5 Å². The van der Waals surface area contributed by atoms with E-state index in [1.54, 1.807) is 0 Å². The highest BCUT2D eigenvalue weighted by Crippen LogP contribution is 2.37. The van der Waals surface area contributed by atoms with Crippen molar-refractivity contribution < 1.29 is 4.79 Å². The first-order chi connectivity index (χ1) is 9.25. The van der Waals surface area contributed by atoms with Crippen LogP contribution in [-0.2, 0) is 4.79 Å². The summed E-state index contributed by atoms with van der Waals surface area (Å²) in [6.07, 6.45) is 9.40. The highest BCUT2D eigenvalue weighted by atomic mass is 32.2.